The molecule has 164 valence electrons. The number of carbonyl (C=O) groups is 1. The lowest BCUT2D eigenvalue weighted by atomic mass is 10.1. The molecule has 2 N–H and O–H groups in total. The van der Waals surface area contributed by atoms with E-state index in [2.05, 4.69) is 72.2 Å². The molecule has 31 heavy (non-hydrogen) atoms. The number of hydrogen-bond donors (Lipinski definition) is 2. The van der Waals surface area contributed by atoms with Crippen LogP contribution in [0.1, 0.15) is 43.7 Å². The number of carbonyl (C=O) groups excluding carboxylic acids is 1. The molecule has 2 aromatic rings. The third-order valence-corrected chi connectivity index (χ3v) is 7.26. The third-order valence-electron chi connectivity index (χ3n) is 5.76. The molecular weight excluding hydrogens is 404 g/mol. The number of guanidine groups is 1. The summed E-state index contributed by atoms with van der Waals surface area (Å²) in [6.07, 6.45) is 4.13. The van der Waals surface area contributed by atoms with Crippen molar-refractivity contribution in [2.75, 3.05) is 19.6 Å². The van der Waals surface area contributed by atoms with E-state index in [9.17, 15) is 4.79 Å². The number of nitrogens with zero attached hydrogens (tertiary/aromatic N) is 2. The lowest BCUT2D eigenvalue weighted by Crippen LogP contribution is -2.41. The first-order valence-corrected chi connectivity index (χ1v) is 12.1. The van der Waals surface area contributed by atoms with Gasteiger partial charge in [0.25, 0.3) is 0 Å². The summed E-state index contributed by atoms with van der Waals surface area (Å²) in [5.74, 6) is 1.13. The van der Waals surface area contributed by atoms with Gasteiger partial charge in [0.1, 0.15) is 0 Å². The van der Waals surface area contributed by atoms with Crippen LogP contribution < -0.4 is 10.6 Å². The van der Waals surface area contributed by atoms with Crippen LogP contribution in [0.2, 0.25) is 0 Å². The highest BCUT2D eigenvalue weighted by Crippen LogP contribution is 2.51. The Balaban J connectivity index is 1.33. The van der Waals surface area contributed by atoms with Crippen molar-refractivity contribution in [1.29, 1.82) is 0 Å². The van der Waals surface area contributed by atoms with E-state index < -0.39 is 0 Å². The van der Waals surface area contributed by atoms with E-state index in [4.69, 9.17) is 4.99 Å². The van der Waals surface area contributed by atoms with Gasteiger partial charge in [-0.25, -0.2) is 4.99 Å². The summed E-state index contributed by atoms with van der Waals surface area (Å²) < 4.78 is 0.278. The van der Waals surface area contributed by atoms with Gasteiger partial charge in [-0.15, -0.1) is 11.8 Å². The van der Waals surface area contributed by atoms with E-state index in [1.54, 1.807) is 0 Å². The van der Waals surface area contributed by atoms with Crippen LogP contribution in [-0.2, 0) is 17.9 Å². The van der Waals surface area contributed by atoms with Crippen LogP contribution in [0.3, 0.4) is 0 Å². The Morgan fingerprint density at radius 2 is 1.90 bits per heavy atom. The van der Waals surface area contributed by atoms with Gasteiger partial charge in [-0.2, -0.15) is 0 Å². The van der Waals surface area contributed by atoms with Crippen molar-refractivity contribution in [2.24, 2.45) is 4.99 Å². The Bertz CT molecular complexity index is 911. The molecule has 6 heteroatoms. The number of likely N-dealkylation sites (tertiary alicyclic amines) is 1. The van der Waals surface area contributed by atoms with Crippen LogP contribution in [0.25, 0.3) is 0 Å². The monoisotopic (exact) mass is 436 g/mol. The molecular formula is C25H32N4OS. The predicted molar refractivity (Wildman–Crippen MR) is 128 cm³/mol. The topological polar surface area (TPSA) is 56.7 Å². The normalized spacial score (nSPS) is 17.6. The van der Waals surface area contributed by atoms with Crippen molar-refractivity contribution in [3.05, 3.63) is 65.7 Å². The van der Waals surface area contributed by atoms with Crippen LogP contribution in [0.4, 0.5) is 0 Å². The number of hydrogen-bond acceptors (Lipinski definition) is 3. The van der Waals surface area contributed by atoms with E-state index in [0.717, 1.165) is 32.0 Å². The standard InChI is InChI=1S/C25H32N4OS/c1-2-26-24(28-19-25(13-14-25)31-22-10-4-3-5-11-22)27-17-20-8-6-9-21(16-20)18-29-15-7-12-23(29)30/h3-6,8-11,16H,2,7,12-15,17-19H2,1H3,(H2,26,27,28). The smallest absolute Gasteiger partial charge is 0.222 e. The fraction of sp³-hybridized carbons (Fsp3) is 0.440. The molecule has 2 fully saturated rings. The van der Waals surface area contributed by atoms with Gasteiger partial charge in [0.15, 0.2) is 5.96 Å². The molecule has 0 spiro atoms. The minimum atomic E-state index is 0.268. The highest BCUT2D eigenvalue weighted by molar-refractivity contribution is 8.01. The molecule has 2 aliphatic rings. The summed E-state index contributed by atoms with van der Waals surface area (Å²) >= 11 is 1.97. The van der Waals surface area contributed by atoms with Crippen LogP contribution in [0.5, 0.6) is 0 Å². The van der Waals surface area contributed by atoms with Crippen LogP contribution >= 0.6 is 11.8 Å². The summed E-state index contributed by atoms with van der Waals surface area (Å²) in [4.78, 5) is 20.0. The Morgan fingerprint density at radius 3 is 2.61 bits per heavy atom. The van der Waals surface area contributed by atoms with Crippen LogP contribution in [0, 0.1) is 0 Å². The Labute approximate surface area is 189 Å². The summed E-state index contributed by atoms with van der Waals surface area (Å²) in [7, 11) is 0. The molecule has 5 nitrogen and oxygen atoms in total. The number of nitrogens with one attached hydrogen (secondary N) is 2. The first-order chi connectivity index (χ1) is 15.2. The molecule has 0 bridgehead atoms. The third kappa shape index (κ3) is 6.26. The second-order valence-corrected chi connectivity index (χ2v) is 9.93. The first kappa shape index (κ1) is 21.8. The second kappa shape index (κ2) is 10.2. The van der Waals surface area contributed by atoms with E-state index in [0.29, 0.717) is 19.5 Å². The largest absolute Gasteiger partial charge is 0.357 e. The van der Waals surface area contributed by atoms with Crippen LogP contribution in [-0.4, -0.2) is 41.1 Å². The van der Waals surface area contributed by atoms with Gasteiger partial charge in [0.2, 0.25) is 5.91 Å². The molecule has 0 atom stereocenters. The SMILES string of the molecule is CCNC(=NCc1cccc(CN2CCCC2=O)c1)NCC1(Sc2ccccc2)CC1. The summed E-state index contributed by atoms with van der Waals surface area (Å²) in [5, 5.41) is 6.93. The second-order valence-electron chi connectivity index (χ2n) is 8.39. The minimum absolute atomic E-state index is 0.268. The molecule has 2 aromatic carbocycles. The highest BCUT2D eigenvalue weighted by atomic mass is 32.2. The molecule has 0 radical (unpaired) electrons. The van der Waals surface area contributed by atoms with E-state index in [1.807, 2.05) is 16.7 Å². The van der Waals surface area contributed by atoms with Crippen molar-refractivity contribution in [1.82, 2.24) is 15.5 Å². The lowest BCUT2D eigenvalue weighted by Gasteiger charge is -2.18. The quantitative estimate of drug-likeness (QED) is 0.457. The van der Waals surface area contributed by atoms with Gasteiger partial charge in [-0.05, 0) is 49.4 Å². The maximum Gasteiger partial charge on any atom is 0.222 e. The fourth-order valence-electron chi connectivity index (χ4n) is 3.87. The van der Waals surface area contributed by atoms with E-state index in [1.165, 1.54) is 28.9 Å². The molecule has 4 rings (SSSR count). The predicted octanol–water partition coefficient (Wildman–Crippen LogP) is 4.19. The number of benzene rings is 2. The van der Waals surface area contributed by atoms with Crippen molar-refractivity contribution < 1.29 is 4.79 Å². The van der Waals surface area contributed by atoms with Gasteiger partial charge >= 0.3 is 0 Å². The zero-order valence-electron chi connectivity index (χ0n) is 18.3. The summed E-state index contributed by atoms with van der Waals surface area (Å²) in [5.41, 5.74) is 2.35. The molecule has 1 saturated heterocycles. The van der Waals surface area contributed by atoms with Gasteiger partial charge < -0.3 is 15.5 Å². The number of rotatable bonds is 9. The highest BCUT2D eigenvalue weighted by Gasteiger charge is 2.43. The molecule has 1 aliphatic heterocycles. The Kier molecular flexibility index (Phi) is 7.17. The van der Waals surface area contributed by atoms with Crippen molar-refractivity contribution >= 4 is 23.6 Å². The van der Waals surface area contributed by atoms with Gasteiger partial charge in [-0.3, -0.25) is 4.79 Å². The lowest BCUT2D eigenvalue weighted by molar-refractivity contribution is -0.128. The minimum Gasteiger partial charge on any atom is -0.357 e. The van der Waals surface area contributed by atoms with E-state index >= 15 is 0 Å². The van der Waals surface area contributed by atoms with Crippen molar-refractivity contribution in [2.45, 2.75) is 55.3 Å². The Hall–Kier alpha value is -2.47. The van der Waals surface area contributed by atoms with Gasteiger partial charge in [0.05, 0.1) is 6.54 Å². The number of amides is 1. The van der Waals surface area contributed by atoms with Gasteiger partial charge in [-0.1, -0.05) is 42.5 Å². The molecule has 1 amide bonds. The number of aliphatic imine (C=N–C) groups is 1. The molecule has 1 heterocycles. The fourth-order valence-corrected chi connectivity index (χ4v) is 5.11. The molecule has 0 aromatic heterocycles. The van der Waals surface area contributed by atoms with Crippen LogP contribution in [0.15, 0.2) is 64.5 Å². The maximum atomic E-state index is 11.9. The summed E-state index contributed by atoms with van der Waals surface area (Å²) in [6.45, 7) is 6.04. The average molecular weight is 437 g/mol. The molecule has 0 unspecified atom stereocenters. The van der Waals surface area contributed by atoms with Crippen molar-refractivity contribution in [3.63, 3.8) is 0 Å². The first-order valence-electron chi connectivity index (χ1n) is 11.3. The van der Waals surface area contributed by atoms with Gasteiger partial charge in [0, 0.05) is 42.2 Å². The van der Waals surface area contributed by atoms with Crippen molar-refractivity contribution in [3.8, 4) is 0 Å². The van der Waals surface area contributed by atoms with E-state index in [-0.39, 0.29) is 10.7 Å². The number of thioether (sulfide) groups is 1. The average Bonchev–Trinajstić information content (AvgIpc) is 3.43. The summed E-state index contributed by atoms with van der Waals surface area (Å²) in [6, 6.07) is 19.1. The maximum absolute atomic E-state index is 11.9. The Morgan fingerprint density at radius 1 is 1.10 bits per heavy atom. The zero-order valence-corrected chi connectivity index (χ0v) is 19.1. The zero-order chi connectivity index (χ0) is 21.5. The molecule has 1 aliphatic carbocycles. The molecule has 1 saturated carbocycles.